The van der Waals surface area contributed by atoms with E-state index in [1.54, 1.807) is 0 Å². The van der Waals surface area contributed by atoms with Gasteiger partial charge in [0.05, 0.1) is 0 Å². The number of aromatic hydroxyl groups is 1. The number of halogens is 2. The summed E-state index contributed by atoms with van der Waals surface area (Å²) in [6.45, 7) is 0.0104. The average Bonchev–Trinajstić information content (AvgIpc) is 2.10. The zero-order valence-electron chi connectivity index (χ0n) is 6.80. The second kappa shape index (κ2) is 3.68. The first kappa shape index (κ1) is 9.88. The number of hydrogen-bond acceptors (Lipinski definition) is 3. The maximum atomic E-state index is 12.8. The molecule has 0 aliphatic carbocycles. The van der Waals surface area contributed by atoms with Gasteiger partial charge in [-0.3, -0.25) is 0 Å². The monoisotopic (exact) mass is 188 g/mol. The van der Waals surface area contributed by atoms with Gasteiger partial charge in [0.25, 0.3) is 0 Å². The predicted octanol–water partition coefficient (Wildman–Crippen LogP) is 0.629. The summed E-state index contributed by atoms with van der Waals surface area (Å²) in [5, 5.41) is 9.15. The summed E-state index contributed by atoms with van der Waals surface area (Å²) in [7, 11) is 0. The van der Waals surface area contributed by atoms with Crippen molar-refractivity contribution in [3.05, 3.63) is 29.3 Å². The highest BCUT2D eigenvalue weighted by Crippen LogP contribution is 2.26. The molecule has 0 aromatic heterocycles. The maximum Gasteiger partial charge on any atom is 0.168 e. The van der Waals surface area contributed by atoms with Gasteiger partial charge in [-0.05, 0) is 6.07 Å². The Morgan fingerprint density at radius 2 is 2.00 bits per heavy atom. The topological polar surface area (TPSA) is 72.3 Å². The van der Waals surface area contributed by atoms with Crippen LogP contribution in [0.1, 0.15) is 11.6 Å². The van der Waals surface area contributed by atoms with Crippen LogP contribution < -0.4 is 11.5 Å². The van der Waals surface area contributed by atoms with E-state index in [4.69, 9.17) is 16.6 Å². The molecule has 0 saturated heterocycles. The number of nitrogens with two attached hydrogens (primary N) is 2. The van der Waals surface area contributed by atoms with E-state index < -0.39 is 23.4 Å². The van der Waals surface area contributed by atoms with Crippen LogP contribution in [0, 0.1) is 11.6 Å². The molecule has 5 N–H and O–H groups in total. The normalized spacial score (nSPS) is 12.9. The summed E-state index contributed by atoms with van der Waals surface area (Å²) in [6, 6.07) is 0.795. The largest absolute Gasteiger partial charge is 0.505 e. The second-order valence-electron chi connectivity index (χ2n) is 2.67. The molecule has 3 nitrogen and oxygen atoms in total. The van der Waals surface area contributed by atoms with Gasteiger partial charge in [0.15, 0.2) is 11.6 Å². The minimum Gasteiger partial charge on any atom is -0.505 e. The van der Waals surface area contributed by atoms with Gasteiger partial charge in [0.2, 0.25) is 0 Å². The molecule has 0 heterocycles. The molecule has 0 aliphatic rings. The summed E-state index contributed by atoms with van der Waals surface area (Å²) in [6.07, 6.45) is 0. The van der Waals surface area contributed by atoms with Crippen LogP contribution in [-0.4, -0.2) is 11.7 Å². The van der Waals surface area contributed by atoms with Crippen molar-refractivity contribution in [3.63, 3.8) is 0 Å². The molecule has 0 unspecified atom stereocenters. The number of phenols is 1. The van der Waals surface area contributed by atoms with E-state index in [9.17, 15) is 8.78 Å². The van der Waals surface area contributed by atoms with Crippen LogP contribution >= 0.6 is 0 Å². The Balaban J connectivity index is 3.20. The van der Waals surface area contributed by atoms with Gasteiger partial charge < -0.3 is 16.6 Å². The van der Waals surface area contributed by atoms with E-state index >= 15 is 0 Å². The van der Waals surface area contributed by atoms with E-state index in [0.29, 0.717) is 6.07 Å². The third-order valence-electron chi connectivity index (χ3n) is 1.71. The number of hydrogen-bond donors (Lipinski definition) is 3. The summed E-state index contributed by atoms with van der Waals surface area (Å²) < 4.78 is 25.4. The van der Waals surface area contributed by atoms with Gasteiger partial charge in [-0.15, -0.1) is 0 Å². The minimum absolute atomic E-state index is 0.0104. The summed E-state index contributed by atoms with van der Waals surface area (Å²) in [5.74, 6) is -2.45. The lowest BCUT2D eigenvalue weighted by atomic mass is 10.1. The molecule has 0 amide bonds. The second-order valence-corrected chi connectivity index (χ2v) is 2.67. The molecule has 0 bridgehead atoms. The van der Waals surface area contributed by atoms with Crippen LogP contribution in [0.3, 0.4) is 0 Å². The van der Waals surface area contributed by atoms with Crippen LogP contribution in [0.2, 0.25) is 0 Å². The molecule has 1 aromatic rings. The lowest BCUT2D eigenvalue weighted by Crippen LogP contribution is -2.21. The number of benzene rings is 1. The van der Waals surface area contributed by atoms with Crippen molar-refractivity contribution in [1.82, 2.24) is 0 Å². The Morgan fingerprint density at radius 1 is 1.38 bits per heavy atom. The number of phenolic OH excluding ortho intramolecular Hbond substituents is 1. The molecule has 5 heteroatoms. The van der Waals surface area contributed by atoms with Crippen molar-refractivity contribution < 1.29 is 13.9 Å². The van der Waals surface area contributed by atoms with E-state index in [-0.39, 0.29) is 12.1 Å². The summed E-state index contributed by atoms with van der Waals surface area (Å²) in [5.41, 5.74) is 10.6. The Hall–Kier alpha value is -1.20. The van der Waals surface area contributed by atoms with Crippen LogP contribution in [-0.2, 0) is 0 Å². The van der Waals surface area contributed by atoms with E-state index in [2.05, 4.69) is 0 Å². The van der Waals surface area contributed by atoms with Crippen molar-refractivity contribution in [2.45, 2.75) is 6.04 Å². The maximum absolute atomic E-state index is 12.8. The van der Waals surface area contributed by atoms with Crippen molar-refractivity contribution in [3.8, 4) is 5.75 Å². The van der Waals surface area contributed by atoms with Crippen LogP contribution in [0.4, 0.5) is 8.78 Å². The van der Waals surface area contributed by atoms with Gasteiger partial charge in [-0.1, -0.05) is 0 Å². The highest BCUT2D eigenvalue weighted by molar-refractivity contribution is 5.36. The Labute approximate surface area is 74.0 Å². The molecule has 1 rings (SSSR count). The Kier molecular flexibility index (Phi) is 2.79. The summed E-state index contributed by atoms with van der Waals surface area (Å²) >= 11 is 0. The molecule has 0 radical (unpaired) electrons. The van der Waals surface area contributed by atoms with Gasteiger partial charge in [0.1, 0.15) is 5.82 Å². The van der Waals surface area contributed by atoms with Crippen LogP contribution in [0.5, 0.6) is 5.75 Å². The first-order valence-corrected chi connectivity index (χ1v) is 3.69. The van der Waals surface area contributed by atoms with E-state index in [1.165, 1.54) is 0 Å². The van der Waals surface area contributed by atoms with Crippen molar-refractivity contribution in [2.24, 2.45) is 11.5 Å². The molecular weight excluding hydrogens is 178 g/mol. The smallest absolute Gasteiger partial charge is 0.168 e. The highest BCUT2D eigenvalue weighted by Gasteiger charge is 2.14. The van der Waals surface area contributed by atoms with E-state index in [0.717, 1.165) is 6.07 Å². The van der Waals surface area contributed by atoms with Gasteiger partial charge in [-0.25, -0.2) is 8.78 Å². The fourth-order valence-electron chi connectivity index (χ4n) is 0.996. The third-order valence-corrected chi connectivity index (χ3v) is 1.71. The van der Waals surface area contributed by atoms with Gasteiger partial charge >= 0.3 is 0 Å². The molecule has 13 heavy (non-hydrogen) atoms. The minimum atomic E-state index is -1.03. The van der Waals surface area contributed by atoms with Crippen LogP contribution in [0.25, 0.3) is 0 Å². The summed E-state index contributed by atoms with van der Waals surface area (Å²) in [4.78, 5) is 0. The van der Waals surface area contributed by atoms with Gasteiger partial charge in [-0.2, -0.15) is 0 Å². The molecule has 0 saturated carbocycles. The van der Waals surface area contributed by atoms with Gasteiger partial charge in [0, 0.05) is 24.2 Å². The zero-order valence-corrected chi connectivity index (χ0v) is 6.80. The fraction of sp³-hybridized carbons (Fsp3) is 0.250. The third kappa shape index (κ3) is 1.93. The van der Waals surface area contributed by atoms with Crippen LogP contribution in [0.15, 0.2) is 12.1 Å². The molecule has 72 valence electrons. The predicted molar refractivity (Wildman–Crippen MR) is 44.0 cm³/mol. The quantitative estimate of drug-likeness (QED) is 0.637. The van der Waals surface area contributed by atoms with E-state index in [1.807, 2.05) is 0 Å². The SMILES string of the molecule is NC[C@H](N)c1cc(F)cc(F)c1O. The molecule has 1 atom stereocenters. The number of rotatable bonds is 2. The molecule has 0 fully saturated rings. The Morgan fingerprint density at radius 3 is 2.54 bits per heavy atom. The molecule has 0 spiro atoms. The van der Waals surface area contributed by atoms with Crippen molar-refractivity contribution in [1.29, 1.82) is 0 Å². The van der Waals surface area contributed by atoms with Crippen molar-refractivity contribution in [2.75, 3.05) is 6.54 Å². The molecule has 0 aliphatic heterocycles. The standard InChI is InChI=1S/C8H10F2N2O/c9-4-1-5(7(12)3-11)8(13)6(10)2-4/h1-2,7,13H,3,11-12H2/t7-/m0/s1. The lowest BCUT2D eigenvalue weighted by molar-refractivity contribution is 0.416. The Bertz CT molecular complexity index is 317. The lowest BCUT2D eigenvalue weighted by Gasteiger charge is -2.11. The fourth-order valence-corrected chi connectivity index (χ4v) is 0.996. The first-order chi connectivity index (χ1) is 6.06. The molecular formula is C8H10F2N2O. The first-order valence-electron chi connectivity index (χ1n) is 3.69. The highest BCUT2D eigenvalue weighted by atomic mass is 19.1. The molecule has 1 aromatic carbocycles. The average molecular weight is 188 g/mol. The zero-order chi connectivity index (χ0) is 10.0. The van der Waals surface area contributed by atoms with Crippen molar-refractivity contribution >= 4 is 0 Å².